The van der Waals surface area contributed by atoms with Crippen LogP contribution in [0.15, 0.2) is 16.6 Å². The summed E-state index contributed by atoms with van der Waals surface area (Å²) in [5, 5.41) is 8.93. The van der Waals surface area contributed by atoms with Gasteiger partial charge in [0.15, 0.2) is 17.5 Å². The normalized spacial score (nSPS) is 20.9. The van der Waals surface area contributed by atoms with E-state index in [1.54, 1.807) is 0 Å². The lowest BCUT2D eigenvalue weighted by Crippen LogP contribution is -2.12. The maximum absolute atomic E-state index is 14.0. The van der Waals surface area contributed by atoms with Crippen LogP contribution in [0.25, 0.3) is 5.76 Å². The SMILES string of the molecule is CCOC(=O)/C(C=N[C@H]1C[C@H]1F)=C(/O)c1cc(F)c(F)c(Cl)c1F. The Morgan fingerprint density at radius 3 is 2.62 bits per heavy atom. The van der Waals surface area contributed by atoms with E-state index in [1.807, 2.05) is 0 Å². The Morgan fingerprint density at radius 2 is 2.08 bits per heavy atom. The zero-order valence-electron chi connectivity index (χ0n) is 12.3. The van der Waals surface area contributed by atoms with Crippen molar-refractivity contribution in [2.24, 2.45) is 4.99 Å². The van der Waals surface area contributed by atoms with Crippen molar-refractivity contribution in [1.29, 1.82) is 0 Å². The van der Waals surface area contributed by atoms with E-state index >= 15 is 0 Å². The van der Waals surface area contributed by atoms with Crippen molar-refractivity contribution in [3.8, 4) is 0 Å². The maximum Gasteiger partial charge on any atom is 0.343 e. The van der Waals surface area contributed by atoms with Crippen molar-refractivity contribution in [3.63, 3.8) is 0 Å². The number of carbonyl (C=O) groups is 1. The van der Waals surface area contributed by atoms with E-state index < -0.39 is 57.6 Å². The van der Waals surface area contributed by atoms with Crippen LogP contribution >= 0.6 is 11.6 Å². The quantitative estimate of drug-likeness (QED) is 0.164. The topological polar surface area (TPSA) is 58.9 Å². The van der Waals surface area contributed by atoms with Gasteiger partial charge >= 0.3 is 5.97 Å². The fourth-order valence-corrected chi connectivity index (χ4v) is 1.98. The molecule has 9 heteroatoms. The van der Waals surface area contributed by atoms with Gasteiger partial charge in [-0.25, -0.2) is 22.4 Å². The molecule has 0 spiro atoms. The molecule has 130 valence electrons. The summed E-state index contributed by atoms with van der Waals surface area (Å²) in [6.07, 6.45) is -0.202. The van der Waals surface area contributed by atoms with Gasteiger partial charge in [-0.2, -0.15) is 0 Å². The predicted molar refractivity (Wildman–Crippen MR) is 79.3 cm³/mol. The molecule has 0 heterocycles. The minimum Gasteiger partial charge on any atom is -0.506 e. The fraction of sp³-hybridized carbons (Fsp3) is 0.333. The second-order valence-corrected chi connectivity index (χ2v) is 5.31. The summed E-state index contributed by atoms with van der Waals surface area (Å²) in [5.74, 6) is -6.75. The smallest absolute Gasteiger partial charge is 0.343 e. The Kier molecular flexibility index (Phi) is 5.48. The lowest BCUT2D eigenvalue weighted by atomic mass is 10.1. The number of esters is 1. The monoisotopic (exact) mass is 365 g/mol. The summed E-state index contributed by atoms with van der Waals surface area (Å²) in [6.45, 7) is 1.41. The van der Waals surface area contributed by atoms with Crippen molar-refractivity contribution >= 4 is 29.5 Å². The molecule has 0 radical (unpaired) electrons. The highest BCUT2D eigenvalue weighted by molar-refractivity contribution is 6.31. The number of ether oxygens (including phenoxy) is 1. The van der Waals surface area contributed by atoms with Gasteiger partial charge in [0.05, 0.1) is 18.2 Å². The number of aliphatic imine (C=N–C) groups is 1. The Bertz CT molecular complexity index is 736. The Morgan fingerprint density at radius 1 is 1.46 bits per heavy atom. The molecule has 2 rings (SSSR count). The van der Waals surface area contributed by atoms with Gasteiger partial charge in [0.1, 0.15) is 22.5 Å². The standard InChI is InChI=1S/C15H12ClF4NO3/c1-2-24-15(23)7(5-21-10-4-8(10)17)14(22)6-3-9(18)13(20)11(16)12(6)19/h3,5,8,10,22H,2,4H2,1H3/b14-7+,21-5?/t8-,10+/m1/s1. The molecule has 1 aliphatic carbocycles. The second kappa shape index (κ2) is 7.21. The average Bonchev–Trinajstić information content (AvgIpc) is 3.24. The number of rotatable bonds is 5. The summed E-state index contributed by atoms with van der Waals surface area (Å²) in [4.78, 5) is 15.6. The number of benzene rings is 1. The summed E-state index contributed by atoms with van der Waals surface area (Å²) in [7, 11) is 0. The van der Waals surface area contributed by atoms with E-state index in [4.69, 9.17) is 11.6 Å². The highest BCUT2D eigenvalue weighted by Crippen LogP contribution is 2.31. The largest absolute Gasteiger partial charge is 0.506 e. The molecule has 1 aliphatic rings. The molecule has 2 atom stereocenters. The van der Waals surface area contributed by atoms with Gasteiger partial charge in [0.2, 0.25) is 0 Å². The van der Waals surface area contributed by atoms with Crippen molar-refractivity contribution < 1.29 is 32.2 Å². The average molecular weight is 366 g/mol. The minimum atomic E-state index is -1.63. The number of alkyl halides is 1. The maximum atomic E-state index is 14.0. The van der Waals surface area contributed by atoms with Crippen molar-refractivity contribution in [1.82, 2.24) is 0 Å². The first kappa shape index (κ1) is 18.3. The zero-order chi connectivity index (χ0) is 18.0. The number of hydrogen-bond donors (Lipinski definition) is 1. The highest BCUT2D eigenvalue weighted by atomic mass is 35.5. The Labute approximate surface area is 139 Å². The molecule has 1 aromatic rings. The predicted octanol–water partition coefficient (Wildman–Crippen LogP) is 3.77. The molecule has 0 amide bonds. The number of nitrogens with zero attached hydrogens (tertiary/aromatic N) is 1. The van der Waals surface area contributed by atoms with Gasteiger partial charge in [-0.1, -0.05) is 11.6 Å². The van der Waals surface area contributed by atoms with Crippen LogP contribution in [-0.4, -0.2) is 36.1 Å². The van der Waals surface area contributed by atoms with Crippen LogP contribution in [0.4, 0.5) is 17.6 Å². The van der Waals surface area contributed by atoms with Crippen LogP contribution in [-0.2, 0) is 9.53 Å². The third-order valence-electron chi connectivity index (χ3n) is 3.18. The number of hydrogen-bond acceptors (Lipinski definition) is 4. The number of halogens is 5. The van der Waals surface area contributed by atoms with Crippen LogP contribution in [0, 0.1) is 17.5 Å². The van der Waals surface area contributed by atoms with Gasteiger partial charge in [-0.3, -0.25) is 4.99 Å². The molecule has 1 aromatic carbocycles. The van der Waals surface area contributed by atoms with Crippen molar-refractivity contribution in [3.05, 3.63) is 39.7 Å². The van der Waals surface area contributed by atoms with E-state index in [0.717, 1.165) is 6.21 Å². The molecule has 1 fully saturated rings. The minimum absolute atomic E-state index is 0.0698. The fourth-order valence-electron chi connectivity index (χ4n) is 1.79. The first-order chi connectivity index (χ1) is 11.3. The first-order valence-corrected chi connectivity index (χ1v) is 7.26. The van der Waals surface area contributed by atoms with Gasteiger partial charge in [-0.05, 0) is 13.0 Å². The zero-order valence-corrected chi connectivity index (χ0v) is 13.1. The molecule has 1 N–H and O–H groups in total. The number of aliphatic hydroxyl groups excluding tert-OH is 1. The van der Waals surface area contributed by atoms with Crippen LogP contribution in [0.3, 0.4) is 0 Å². The third-order valence-corrected chi connectivity index (χ3v) is 3.52. The summed E-state index contributed by atoms with van der Waals surface area (Å²) in [6, 6.07) is -0.339. The summed E-state index contributed by atoms with van der Waals surface area (Å²) in [5.41, 5.74) is -1.47. The third kappa shape index (κ3) is 3.69. The van der Waals surface area contributed by atoms with Crippen LogP contribution < -0.4 is 0 Å². The van der Waals surface area contributed by atoms with Crippen molar-refractivity contribution in [2.75, 3.05) is 6.61 Å². The highest BCUT2D eigenvalue weighted by Gasteiger charge is 2.37. The molecule has 0 bridgehead atoms. The van der Waals surface area contributed by atoms with Gasteiger partial charge in [0, 0.05) is 12.6 Å². The van der Waals surface area contributed by atoms with Crippen LogP contribution in [0.2, 0.25) is 5.02 Å². The van der Waals surface area contributed by atoms with Crippen molar-refractivity contribution in [2.45, 2.75) is 25.6 Å². The second-order valence-electron chi connectivity index (χ2n) is 4.93. The lowest BCUT2D eigenvalue weighted by Gasteiger charge is -2.09. The van der Waals surface area contributed by atoms with Crippen LogP contribution in [0.5, 0.6) is 0 Å². The number of aliphatic hydroxyl groups is 1. The Balaban J connectivity index is 2.52. The molecule has 0 aromatic heterocycles. The number of carbonyl (C=O) groups excluding carboxylic acids is 1. The molecule has 0 unspecified atom stereocenters. The molecule has 0 saturated heterocycles. The van der Waals surface area contributed by atoms with Gasteiger partial charge in [0.25, 0.3) is 0 Å². The first-order valence-electron chi connectivity index (χ1n) is 6.88. The van der Waals surface area contributed by atoms with E-state index in [2.05, 4.69) is 9.73 Å². The van der Waals surface area contributed by atoms with E-state index in [-0.39, 0.29) is 13.0 Å². The lowest BCUT2D eigenvalue weighted by molar-refractivity contribution is -0.137. The van der Waals surface area contributed by atoms with E-state index in [9.17, 15) is 27.5 Å². The van der Waals surface area contributed by atoms with E-state index in [1.165, 1.54) is 6.92 Å². The molecule has 24 heavy (non-hydrogen) atoms. The molecule has 4 nitrogen and oxygen atoms in total. The molecule has 0 aliphatic heterocycles. The van der Waals surface area contributed by atoms with Gasteiger partial charge < -0.3 is 9.84 Å². The molecule has 1 saturated carbocycles. The van der Waals surface area contributed by atoms with E-state index in [0.29, 0.717) is 6.07 Å². The summed E-state index contributed by atoms with van der Waals surface area (Å²) < 4.78 is 58.1. The summed E-state index contributed by atoms with van der Waals surface area (Å²) >= 11 is 5.31. The molecular formula is C15H12ClF4NO3. The van der Waals surface area contributed by atoms with Gasteiger partial charge in [-0.15, -0.1) is 0 Å². The Hall–Kier alpha value is -2.09. The molecular weight excluding hydrogens is 354 g/mol. The van der Waals surface area contributed by atoms with Crippen LogP contribution in [0.1, 0.15) is 18.9 Å².